The first kappa shape index (κ1) is 18.2. The first-order valence-electron chi connectivity index (χ1n) is 10.0. The van der Waals surface area contributed by atoms with Gasteiger partial charge < -0.3 is 15.2 Å². The first-order valence-corrected chi connectivity index (χ1v) is 10.0. The zero-order chi connectivity index (χ0) is 20.0. The fraction of sp³-hybridized carbons (Fsp3) is 0.391. The predicted molar refractivity (Wildman–Crippen MR) is 107 cm³/mol. The average Bonchev–Trinajstić information content (AvgIpc) is 3.05. The van der Waals surface area contributed by atoms with Crippen LogP contribution in [0, 0.1) is 11.3 Å². The number of nitrogens with two attached hydrogens (primary N) is 1. The van der Waals surface area contributed by atoms with Crippen LogP contribution < -0.4 is 5.73 Å². The molecule has 2 unspecified atom stereocenters. The second kappa shape index (κ2) is 6.87. The molecule has 2 saturated heterocycles. The standard InChI is InChI=1S/C23H23N3O3/c24-14-23(25)9-15-11-28-12-16(10-23)26(15)22(27)29-13-21-19-7-3-1-5-17(19)18-6-2-4-8-20(18)21/h1-8,15-16,21H,9-13,25H2. The van der Waals surface area contributed by atoms with E-state index >= 15 is 0 Å². The van der Waals surface area contributed by atoms with Crippen molar-refractivity contribution >= 4 is 6.09 Å². The summed E-state index contributed by atoms with van der Waals surface area (Å²) in [5.74, 6) is 0.0277. The molecule has 29 heavy (non-hydrogen) atoms. The summed E-state index contributed by atoms with van der Waals surface area (Å²) in [6, 6.07) is 18.3. The Kier molecular flexibility index (Phi) is 4.30. The van der Waals surface area contributed by atoms with Gasteiger partial charge in [-0.25, -0.2) is 4.79 Å². The van der Waals surface area contributed by atoms with Crippen LogP contribution in [0.5, 0.6) is 0 Å². The summed E-state index contributed by atoms with van der Waals surface area (Å²) < 4.78 is 11.4. The molecule has 2 bridgehead atoms. The molecule has 6 nitrogen and oxygen atoms in total. The molecule has 5 rings (SSSR count). The van der Waals surface area contributed by atoms with Gasteiger partial charge >= 0.3 is 6.09 Å². The van der Waals surface area contributed by atoms with Crippen LogP contribution in [0.15, 0.2) is 48.5 Å². The van der Waals surface area contributed by atoms with Crippen LogP contribution in [0.1, 0.15) is 29.9 Å². The SMILES string of the molecule is N#CC1(N)CC2COCC(C1)N2C(=O)OCC1c2ccccc2-c2ccccc21. The molecule has 6 heteroatoms. The second-order valence-electron chi connectivity index (χ2n) is 8.23. The van der Waals surface area contributed by atoms with Crippen molar-refractivity contribution in [3.05, 3.63) is 59.7 Å². The normalized spacial score (nSPS) is 27.7. The van der Waals surface area contributed by atoms with Crippen LogP contribution in [-0.2, 0) is 9.47 Å². The number of morpholine rings is 1. The Hall–Kier alpha value is -2.88. The molecule has 2 heterocycles. The van der Waals surface area contributed by atoms with Crippen LogP contribution in [0.2, 0.25) is 0 Å². The molecule has 2 aliphatic heterocycles. The van der Waals surface area contributed by atoms with E-state index < -0.39 is 5.54 Å². The minimum Gasteiger partial charge on any atom is -0.448 e. The molecule has 0 saturated carbocycles. The van der Waals surface area contributed by atoms with E-state index in [-0.39, 0.29) is 30.7 Å². The maximum atomic E-state index is 13.0. The van der Waals surface area contributed by atoms with E-state index in [1.54, 1.807) is 4.90 Å². The monoisotopic (exact) mass is 389 g/mol. The van der Waals surface area contributed by atoms with Crippen molar-refractivity contribution in [1.82, 2.24) is 4.90 Å². The topological polar surface area (TPSA) is 88.6 Å². The second-order valence-corrected chi connectivity index (χ2v) is 8.23. The van der Waals surface area contributed by atoms with Crippen molar-refractivity contribution < 1.29 is 14.3 Å². The van der Waals surface area contributed by atoms with Crippen molar-refractivity contribution in [3.8, 4) is 17.2 Å². The lowest BCUT2D eigenvalue weighted by Gasteiger charge is -2.49. The summed E-state index contributed by atoms with van der Waals surface area (Å²) in [4.78, 5) is 14.8. The van der Waals surface area contributed by atoms with Gasteiger partial charge in [0.15, 0.2) is 0 Å². The maximum absolute atomic E-state index is 13.0. The highest BCUT2D eigenvalue weighted by atomic mass is 16.6. The molecular weight excluding hydrogens is 366 g/mol. The van der Waals surface area contributed by atoms with E-state index in [1.165, 1.54) is 22.3 Å². The first-order chi connectivity index (χ1) is 14.1. The highest BCUT2D eigenvalue weighted by Crippen LogP contribution is 2.44. The Balaban J connectivity index is 1.35. The average molecular weight is 389 g/mol. The molecule has 2 aromatic rings. The molecular formula is C23H23N3O3. The Morgan fingerprint density at radius 3 is 2.21 bits per heavy atom. The highest BCUT2D eigenvalue weighted by Gasteiger charge is 2.48. The van der Waals surface area contributed by atoms with Crippen LogP contribution in [0.3, 0.4) is 0 Å². The molecule has 0 radical (unpaired) electrons. The Morgan fingerprint density at radius 1 is 1.10 bits per heavy atom. The van der Waals surface area contributed by atoms with Gasteiger partial charge in [-0.05, 0) is 22.3 Å². The Morgan fingerprint density at radius 2 is 1.66 bits per heavy atom. The molecule has 1 aliphatic carbocycles. The summed E-state index contributed by atoms with van der Waals surface area (Å²) in [5, 5.41) is 9.41. The van der Waals surface area contributed by atoms with Crippen LogP contribution in [0.25, 0.3) is 11.1 Å². The lowest BCUT2D eigenvalue weighted by Crippen LogP contribution is -2.65. The Labute approximate surface area is 169 Å². The molecule has 0 spiro atoms. The van der Waals surface area contributed by atoms with E-state index in [0.29, 0.717) is 26.1 Å². The minimum absolute atomic E-state index is 0.0277. The van der Waals surface area contributed by atoms with Crippen molar-refractivity contribution in [1.29, 1.82) is 5.26 Å². The number of hydrogen-bond donors (Lipinski definition) is 1. The van der Waals surface area contributed by atoms with Crippen molar-refractivity contribution in [2.24, 2.45) is 5.73 Å². The van der Waals surface area contributed by atoms with Gasteiger partial charge in [0.1, 0.15) is 12.1 Å². The molecule has 2 aromatic carbocycles. The fourth-order valence-electron chi connectivity index (χ4n) is 5.10. The fourth-order valence-corrected chi connectivity index (χ4v) is 5.10. The molecule has 2 atom stereocenters. The maximum Gasteiger partial charge on any atom is 0.410 e. The van der Waals surface area contributed by atoms with Crippen molar-refractivity contribution in [3.63, 3.8) is 0 Å². The van der Waals surface area contributed by atoms with Gasteiger partial charge in [-0.2, -0.15) is 5.26 Å². The van der Waals surface area contributed by atoms with Crippen LogP contribution in [0.4, 0.5) is 4.79 Å². The van der Waals surface area contributed by atoms with Gasteiger partial charge in [0.25, 0.3) is 0 Å². The number of amides is 1. The largest absolute Gasteiger partial charge is 0.448 e. The summed E-state index contributed by atoms with van der Waals surface area (Å²) in [6.45, 7) is 1.07. The van der Waals surface area contributed by atoms with E-state index in [1.807, 2.05) is 24.3 Å². The number of rotatable bonds is 2. The van der Waals surface area contributed by atoms with Gasteiger partial charge in [0, 0.05) is 18.8 Å². The summed E-state index contributed by atoms with van der Waals surface area (Å²) >= 11 is 0. The van der Waals surface area contributed by atoms with Gasteiger partial charge in [-0.1, -0.05) is 48.5 Å². The molecule has 148 valence electrons. The van der Waals surface area contributed by atoms with Crippen LogP contribution in [-0.4, -0.2) is 48.4 Å². The van der Waals surface area contributed by atoms with Gasteiger partial charge in [-0.3, -0.25) is 4.90 Å². The van der Waals surface area contributed by atoms with Gasteiger partial charge in [-0.15, -0.1) is 0 Å². The molecule has 3 aliphatic rings. The van der Waals surface area contributed by atoms with E-state index in [9.17, 15) is 10.1 Å². The van der Waals surface area contributed by atoms with Gasteiger partial charge in [0.05, 0.1) is 31.4 Å². The van der Waals surface area contributed by atoms with Gasteiger partial charge in [0.2, 0.25) is 0 Å². The lowest BCUT2D eigenvalue weighted by atomic mass is 9.80. The molecule has 2 N–H and O–H groups in total. The molecule has 1 amide bonds. The number of carbonyl (C=O) groups is 1. The lowest BCUT2D eigenvalue weighted by molar-refractivity contribution is -0.0768. The summed E-state index contributed by atoms with van der Waals surface area (Å²) in [7, 11) is 0. The third-order valence-electron chi connectivity index (χ3n) is 6.38. The smallest absolute Gasteiger partial charge is 0.410 e. The third kappa shape index (κ3) is 2.98. The number of piperidine rings is 1. The number of fused-ring (bicyclic) bond motifs is 5. The van der Waals surface area contributed by atoms with E-state index in [0.717, 1.165) is 0 Å². The number of hydrogen-bond acceptors (Lipinski definition) is 5. The van der Waals surface area contributed by atoms with E-state index in [4.69, 9.17) is 15.2 Å². The number of nitriles is 1. The summed E-state index contributed by atoms with van der Waals surface area (Å²) in [5.41, 5.74) is 10.1. The quantitative estimate of drug-likeness (QED) is 0.853. The third-order valence-corrected chi connectivity index (χ3v) is 6.38. The Bertz CT molecular complexity index is 939. The number of benzene rings is 2. The predicted octanol–water partition coefficient (Wildman–Crippen LogP) is 3.02. The van der Waals surface area contributed by atoms with E-state index in [2.05, 4.69) is 30.3 Å². The molecule has 2 fully saturated rings. The number of ether oxygens (including phenoxy) is 2. The number of nitrogens with zero attached hydrogens (tertiary/aromatic N) is 2. The molecule has 0 aromatic heterocycles. The summed E-state index contributed by atoms with van der Waals surface area (Å²) in [6.07, 6.45) is 0.471. The number of carbonyl (C=O) groups excluding carboxylic acids is 1. The highest BCUT2D eigenvalue weighted by molar-refractivity contribution is 5.79. The minimum atomic E-state index is -0.904. The van der Waals surface area contributed by atoms with Crippen LogP contribution >= 0.6 is 0 Å². The zero-order valence-electron chi connectivity index (χ0n) is 16.1. The van der Waals surface area contributed by atoms with Crippen molar-refractivity contribution in [2.75, 3.05) is 19.8 Å². The zero-order valence-corrected chi connectivity index (χ0v) is 16.1. The van der Waals surface area contributed by atoms with Crippen molar-refractivity contribution in [2.45, 2.75) is 36.4 Å².